The summed E-state index contributed by atoms with van der Waals surface area (Å²) in [5.74, 6) is 1.62. The molecule has 1 N–H and O–H groups in total. The lowest BCUT2D eigenvalue weighted by Gasteiger charge is -2.05. The zero-order valence-electron chi connectivity index (χ0n) is 7.89. The Morgan fingerprint density at radius 1 is 1.60 bits per heavy atom. The highest BCUT2D eigenvalue weighted by Crippen LogP contribution is 2.17. The summed E-state index contributed by atoms with van der Waals surface area (Å²) < 4.78 is 13.4. The van der Waals surface area contributed by atoms with Crippen LogP contribution >= 0.6 is 15.9 Å². The van der Waals surface area contributed by atoms with Crippen LogP contribution in [-0.4, -0.2) is 12.5 Å². The van der Waals surface area contributed by atoms with Crippen LogP contribution in [0.25, 0.3) is 0 Å². The van der Waals surface area contributed by atoms with E-state index in [9.17, 15) is 9.18 Å². The third-order valence-corrected chi connectivity index (χ3v) is 2.42. The molecule has 15 heavy (non-hydrogen) atoms. The van der Waals surface area contributed by atoms with E-state index in [0.29, 0.717) is 17.4 Å². The minimum atomic E-state index is -0.444. The van der Waals surface area contributed by atoms with Crippen LogP contribution in [-0.2, 0) is 0 Å². The van der Waals surface area contributed by atoms with Crippen LogP contribution < -0.4 is 5.32 Å². The summed E-state index contributed by atoms with van der Waals surface area (Å²) in [4.78, 5) is 11.5. The lowest BCUT2D eigenvalue weighted by molar-refractivity contribution is 0.0953. The van der Waals surface area contributed by atoms with Crippen LogP contribution in [0, 0.1) is 18.2 Å². The van der Waals surface area contributed by atoms with E-state index in [1.165, 1.54) is 18.2 Å². The molecule has 0 spiro atoms. The van der Waals surface area contributed by atoms with E-state index < -0.39 is 5.82 Å². The molecular formula is C11H9BrFNO. The van der Waals surface area contributed by atoms with E-state index in [2.05, 4.69) is 27.2 Å². The molecule has 1 aromatic carbocycles. The number of nitrogens with one attached hydrogen (secondary N) is 1. The van der Waals surface area contributed by atoms with Crippen molar-refractivity contribution in [1.82, 2.24) is 5.32 Å². The molecule has 1 amide bonds. The van der Waals surface area contributed by atoms with Gasteiger partial charge in [-0.05, 0) is 34.1 Å². The van der Waals surface area contributed by atoms with Crippen molar-refractivity contribution in [2.45, 2.75) is 6.42 Å². The fraction of sp³-hybridized carbons (Fsp3) is 0.182. The lowest BCUT2D eigenvalue weighted by Crippen LogP contribution is -2.24. The van der Waals surface area contributed by atoms with Crippen LogP contribution in [0.15, 0.2) is 22.7 Å². The van der Waals surface area contributed by atoms with Gasteiger partial charge in [-0.1, -0.05) is 0 Å². The Morgan fingerprint density at radius 3 is 3.00 bits per heavy atom. The van der Waals surface area contributed by atoms with E-state index in [1.54, 1.807) is 0 Å². The van der Waals surface area contributed by atoms with Gasteiger partial charge in [-0.3, -0.25) is 4.79 Å². The smallest absolute Gasteiger partial charge is 0.252 e. The molecule has 4 heteroatoms. The lowest BCUT2D eigenvalue weighted by atomic mass is 10.2. The maximum Gasteiger partial charge on any atom is 0.252 e. The van der Waals surface area contributed by atoms with Crippen molar-refractivity contribution in [2.24, 2.45) is 0 Å². The summed E-state index contributed by atoms with van der Waals surface area (Å²) in [6.45, 7) is 0.387. The van der Waals surface area contributed by atoms with Crippen molar-refractivity contribution < 1.29 is 9.18 Å². The molecule has 0 unspecified atom stereocenters. The van der Waals surface area contributed by atoms with Gasteiger partial charge in [-0.2, -0.15) is 0 Å². The Bertz CT molecular complexity index is 412. The zero-order chi connectivity index (χ0) is 11.3. The number of hydrogen-bond acceptors (Lipinski definition) is 1. The number of hydrogen-bond donors (Lipinski definition) is 1. The molecule has 0 aliphatic heterocycles. The van der Waals surface area contributed by atoms with Crippen molar-refractivity contribution in [2.75, 3.05) is 6.54 Å². The second-order valence-corrected chi connectivity index (χ2v) is 3.69. The van der Waals surface area contributed by atoms with Crippen molar-refractivity contribution in [3.05, 3.63) is 34.1 Å². The molecular weight excluding hydrogens is 261 g/mol. The predicted molar refractivity (Wildman–Crippen MR) is 59.9 cm³/mol. The zero-order valence-corrected chi connectivity index (χ0v) is 9.47. The molecule has 0 bridgehead atoms. The summed E-state index contributed by atoms with van der Waals surface area (Å²) >= 11 is 3.17. The average Bonchev–Trinajstić information content (AvgIpc) is 2.22. The van der Waals surface area contributed by atoms with E-state index in [4.69, 9.17) is 6.42 Å². The highest BCUT2D eigenvalue weighted by atomic mass is 79.9. The summed E-state index contributed by atoms with van der Waals surface area (Å²) in [7, 11) is 0. The van der Waals surface area contributed by atoms with Gasteiger partial charge in [0.25, 0.3) is 5.91 Å². The monoisotopic (exact) mass is 269 g/mol. The van der Waals surface area contributed by atoms with Crippen LogP contribution in [0.1, 0.15) is 16.8 Å². The third-order valence-electron chi connectivity index (χ3n) is 1.73. The maximum atomic E-state index is 12.9. The number of carbonyl (C=O) groups excluding carboxylic acids is 1. The standard InChI is InChI=1S/C11H9BrFNO/c1-2-3-6-14-11(15)9-7-8(13)4-5-10(9)12/h1,4-5,7H,3,6H2,(H,14,15). The van der Waals surface area contributed by atoms with E-state index in [0.717, 1.165) is 0 Å². The van der Waals surface area contributed by atoms with Gasteiger partial charge in [0.05, 0.1) is 5.56 Å². The van der Waals surface area contributed by atoms with Crippen molar-refractivity contribution in [3.8, 4) is 12.3 Å². The van der Waals surface area contributed by atoms with E-state index in [-0.39, 0.29) is 11.5 Å². The molecule has 0 aliphatic rings. The van der Waals surface area contributed by atoms with Gasteiger partial charge in [-0.15, -0.1) is 12.3 Å². The second kappa shape index (κ2) is 5.52. The van der Waals surface area contributed by atoms with Crippen molar-refractivity contribution >= 4 is 21.8 Å². The number of halogens is 2. The highest BCUT2D eigenvalue weighted by molar-refractivity contribution is 9.10. The molecule has 1 aromatic rings. The average molecular weight is 270 g/mol. The molecule has 0 heterocycles. The molecule has 0 saturated heterocycles. The minimum absolute atomic E-state index is 0.270. The fourth-order valence-electron chi connectivity index (χ4n) is 1.01. The second-order valence-electron chi connectivity index (χ2n) is 2.83. The molecule has 0 aromatic heterocycles. The molecule has 2 nitrogen and oxygen atoms in total. The molecule has 0 aliphatic carbocycles. The van der Waals surface area contributed by atoms with Gasteiger partial charge in [0.2, 0.25) is 0 Å². The van der Waals surface area contributed by atoms with Gasteiger partial charge in [-0.25, -0.2) is 4.39 Å². The molecule has 0 radical (unpaired) electrons. The fourth-order valence-corrected chi connectivity index (χ4v) is 1.44. The van der Waals surface area contributed by atoms with Gasteiger partial charge >= 0.3 is 0 Å². The van der Waals surface area contributed by atoms with E-state index >= 15 is 0 Å². The summed E-state index contributed by atoms with van der Waals surface area (Å²) in [5.41, 5.74) is 0.270. The maximum absolute atomic E-state index is 12.9. The van der Waals surface area contributed by atoms with Gasteiger partial charge < -0.3 is 5.32 Å². The number of benzene rings is 1. The highest BCUT2D eigenvalue weighted by Gasteiger charge is 2.09. The largest absolute Gasteiger partial charge is 0.351 e. The summed E-state index contributed by atoms with van der Waals surface area (Å²) in [6, 6.07) is 3.95. The minimum Gasteiger partial charge on any atom is -0.351 e. The number of amides is 1. The summed E-state index contributed by atoms with van der Waals surface area (Å²) in [6.07, 6.45) is 5.49. The quantitative estimate of drug-likeness (QED) is 0.663. The Kier molecular flexibility index (Phi) is 4.32. The Hall–Kier alpha value is -1.34. The first-order valence-corrected chi connectivity index (χ1v) is 5.11. The van der Waals surface area contributed by atoms with Crippen molar-refractivity contribution in [3.63, 3.8) is 0 Å². The third kappa shape index (κ3) is 3.37. The SMILES string of the molecule is C#CCCNC(=O)c1cc(F)ccc1Br. The van der Waals surface area contributed by atoms with Crippen LogP contribution in [0.4, 0.5) is 4.39 Å². The first kappa shape index (κ1) is 11.7. The molecule has 0 atom stereocenters. The first-order valence-electron chi connectivity index (χ1n) is 4.32. The normalized spacial score (nSPS) is 9.40. The Balaban J connectivity index is 2.73. The van der Waals surface area contributed by atoms with E-state index in [1.807, 2.05) is 0 Å². The number of carbonyl (C=O) groups is 1. The molecule has 78 valence electrons. The first-order chi connectivity index (χ1) is 7.15. The summed E-state index contributed by atoms with van der Waals surface area (Å²) in [5, 5.41) is 2.59. The van der Waals surface area contributed by atoms with Crippen LogP contribution in [0.2, 0.25) is 0 Å². The molecule has 0 saturated carbocycles. The Labute approximate surface area is 96.0 Å². The van der Waals surface area contributed by atoms with Crippen molar-refractivity contribution in [1.29, 1.82) is 0 Å². The van der Waals surface area contributed by atoms with Gasteiger partial charge in [0.1, 0.15) is 5.82 Å². The predicted octanol–water partition coefficient (Wildman–Crippen LogP) is 2.34. The van der Waals surface area contributed by atoms with Gasteiger partial charge in [0.15, 0.2) is 0 Å². The number of terminal acetylenes is 1. The topological polar surface area (TPSA) is 29.1 Å². The molecule has 0 fully saturated rings. The number of rotatable bonds is 3. The van der Waals surface area contributed by atoms with Gasteiger partial charge in [0, 0.05) is 17.4 Å². The Morgan fingerprint density at radius 2 is 2.33 bits per heavy atom. The van der Waals surface area contributed by atoms with Crippen LogP contribution in [0.5, 0.6) is 0 Å². The molecule has 1 rings (SSSR count). The van der Waals surface area contributed by atoms with Crippen LogP contribution in [0.3, 0.4) is 0 Å².